The van der Waals surface area contributed by atoms with Gasteiger partial charge in [0.05, 0.1) is 6.04 Å². The zero-order valence-electron chi connectivity index (χ0n) is 19.0. The molecule has 0 spiro atoms. The van der Waals surface area contributed by atoms with Crippen LogP contribution in [0.1, 0.15) is 60.3 Å². The molecule has 176 valence electrons. The van der Waals surface area contributed by atoms with Crippen LogP contribution >= 0.6 is 0 Å². The SMILES string of the molecule is CC(C)C[C@H](NC(=O)C(=O)NC(C)(C)C)C(=O)N[C@@H](C[C@@H]1CCCNC1=O)C(=O)CO. The molecule has 0 unspecified atom stereocenters. The average molecular weight is 441 g/mol. The first-order chi connectivity index (χ1) is 14.3. The molecule has 3 atom stereocenters. The van der Waals surface area contributed by atoms with Gasteiger partial charge in [0, 0.05) is 18.0 Å². The fourth-order valence-corrected chi connectivity index (χ4v) is 3.32. The Kier molecular flexibility index (Phi) is 10.1. The molecule has 0 aliphatic carbocycles. The van der Waals surface area contributed by atoms with E-state index in [-0.39, 0.29) is 24.7 Å². The van der Waals surface area contributed by atoms with Gasteiger partial charge in [0.25, 0.3) is 0 Å². The van der Waals surface area contributed by atoms with Gasteiger partial charge in [0.15, 0.2) is 5.78 Å². The van der Waals surface area contributed by atoms with Gasteiger partial charge < -0.3 is 26.4 Å². The van der Waals surface area contributed by atoms with Gasteiger partial charge in [-0.05, 0) is 52.4 Å². The van der Waals surface area contributed by atoms with Gasteiger partial charge in [-0.3, -0.25) is 24.0 Å². The summed E-state index contributed by atoms with van der Waals surface area (Å²) < 4.78 is 0. The first kappa shape index (κ1) is 26.5. The van der Waals surface area contributed by atoms with E-state index in [1.807, 2.05) is 13.8 Å². The van der Waals surface area contributed by atoms with Gasteiger partial charge in [-0.15, -0.1) is 0 Å². The van der Waals surface area contributed by atoms with Crippen molar-refractivity contribution in [1.82, 2.24) is 21.3 Å². The van der Waals surface area contributed by atoms with Crippen molar-refractivity contribution in [3.8, 4) is 0 Å². The van der Waals surface area contributed by atoms with Gasteiger partial charge >= 0.3 is 11.8 Å². The number of aliphatic hydroxyl groups excluding tert-OH is 1. The molecule has 0 aromatic carbocycles. The molecule has 0 aromatic rings. The Balaban J connectivity index is 2.90. The fourth-order valence-electron chi connectivity index (χ4n) is 3.32. The van der Waals surface area contributed by atoms with E-state index in [0.717, 1.165) is 6.42 Å². The van der Waals surface area contributed by atoms with Crippen LogP contribution in [-0.2, 0) is 24.0 Å². The van der Waals surface area contributed by atoms with Crippen molar-refractivity contribution in [2.45, 2.75) is 77.9 Å². The number of hydrogen-bond acceptors (Lipinski definition) is 6. The number of aliphatic hydroxyl groups is 1. The number of Topliss-reactive ketones (excluding diaryl/α,β-unsaturated/α-hetero) is 1. The second-order valence-corrected chi connectivity index (χ2v) is 9.41. The van der Waals surface area contributed by atoms with E-state index in [9.17, 15) is 29.1 Å². The first-order valence-electron chi connectivity index (χ1n) is 10.7. The van der Waals surface area contributed by atoms with E-state index < -0.39 is 53.7 Å². The molecule has 1 fully saturated rings. The van der Waals surface area contributed by atoms with Crippen LogP contribution in [0.3, 0.4) is 0 Å². The Bertz CT molecular complexity index is 686. The topological polar surface area (TPSA) is 154 Å². The number of nitrogens with one attached hydrogen (secondary N) is 4. The van der Waals surface area contributed by atoms with Gasteiger partial charge in [0.2, 0.25) is 11.8 Å². The van der Waals surface area contributed by atoms with Crippen LogP contribution in [0.25, 0.3) is 0 Å². The summed E-state index contributed by atoms with van der Waals surface area (Å²) in [6, 6.07) is -2.12. The van der Waals surface area contributed by atoms with Crippen LogP contribution in [0.4, 0.5) is 0 Å². The molecule has 31 heavy (non-hydrogen) atoms. The highest BCUT2D eigenvalue weighted by Crippen LogP contribution is 2.18. The predicted octanol–water partition coefficient (Wildman–Crippen LogP) is -0.605. The highest BCUT2D eigenvalue weighted by atomic mass is 16.3. The van der Waals surface area contributed by atoms with Crippen LogP contribution in [0, 0.1) is 11.8 Å². The minimum absolute atomic E-state index is 0.0119. The number of piperidine rings is 1. The van der Waals surface area contributed by atoms with Crippen molar-refractivity contribution in [3.05, 3.63) is 0 Å². The molecule has 1 rings (SSSR count). The van der Waals surface area contributed by atoms with Gasteiger partial charge in [0.1, 0.15) is 12.6 Å². The van der Waals surface area contributed by atoms with E-state index in [4.69, 9.17) is 0 Å². The van der Waals surface area contributed by atoms with E-state index in [1.54, 1.807) is 20.8 Å². The summed E-state index contributed by atoms with van der Waals surface area (Å²) in [5.74, 6) is -3.71. The Morgan fingerprint density at radius 2 is 1.74 bits per heavy atom. The molecule has 0 radical (unpaired) electrons. The highest BCUT2D eigenvalue weighted by molar-refractivity contribution is 6.35. The maximum absolute atomic E-state index is 12.9. The van der Waals surface area contributed by atoms with Crippen molar-refractivity contribution in [3.63, 3.8) is 0 Å². The third-order valence-electron chi connectivity index (χ3n) is 4.80. The molecule has 0 bridgehead atoms. The van der Waals surface area contributed by atoms with Crippen LogP contribution in [0.5, 0.6) is 0 Å². The van der Waals surface area contributed by atoms with Crippen molar-refractivity contribution in [2.75, 3.05) is 13.2 Å². The lowest BCUT2D eigenvalue weighted by atomic mass is 9.90. The molecule has 10 nitrogen and oxygen atoms in total. The van der Waals surface area contributed by atoms with E-state index in [1.165, 1.54) is 0 Å². The largest absolute Gasteiger partial charge is 0.389 e. The Morgan fingerprint density at radius 3 is 2.26 bits per heavy atom. The lowest BCUT2D eigenvalue weighted by Gasteiger charge is -2.28. The summed E-state index contributed by atoms with van der Waals surface area (Å²) >= 11 is 0. The second kappa shape index (κ2) is 11.8. The van der Waals surface area contributed by atoms with Crippen molar-refractivity contribution in [1.29, 1.82) is 0 Å². The molecular weight excluding hydrogens is 404 g/mol. The summed E-state index contributed by atoms with van der Waals surface area (Å²) in [4.78, 5) is 61.5. The summed E-state index contributed by atoms with van der Waals surface area (Å²) in [6.45, 7) is 8.66. The van der Waals surface area contributed by atoms with Gasteiger partial charge in [-0.2, -0.15) is 0 Å². The summed E-state index contributed by atoms with van der Waals surface area (Å²) in [5.41, 5.74) is -0.622. The minimum atomic E-state index is -1.07. The predicted molar refractivity (Wildman–Crippen MR) is 114 cm³/mol. The zero-order valence-corrected chi connectivity index (χ0v) is 19.0. The minimum Gasteiger partial charge on any atom is -0.389 e. The van der Waals surface area contributed by atoms with Crippen molar-refractivity contribution < 1.29 is 29.1 Å². The van der Waals surface area contributed by atoms with Gasteiger partial charge in [-0.1, -0.05) is 13.8 Å². The van der Waals surface area contributed by atoms with Crippen molar-refractivity contribution >= 4 is 29.4 Å². The summed E-state index contributed by atoms with van der Waals surface area (Å²) in [5, 5.41) is 19.5. The zero-order chi connectivity index (χ0) is 23.8. The van der Waals surface area contributed by atoms with Crippen molar-refractivity contribution in [2.24, 2.45) is 11.8 Å². The lowest BCUT2D eigenvalue weighted by molar-refractivity contribution is -0.142. The Hall–Kier alpha value is -2.49. The lowest BCUT2D eigenvalue weighted by Crippen LogP contribution is -2.56. The van der Waals surface area contributed by atoms with Crippen LogP contribution < -0.4 is 21.3 Å². The maximum Gasteiger partial charge on any atom is 0.309 e. The van der Waals surface area contributed by atoms with E-state index in [2.05, 4.69) is 21.3 Å². The molecule has 4 amide bonds. The molecule has 1 saturated heterocycles. The van der Waals surface area contributed by atoms with Crippen LogP contribution in [0.2, 0.25) is 0 Å². The first-order valence-corrected chi connectivity index (χ1v) is 10.7. The number of rotatable bonds is 9. The van der Waals surface area contributed by atoms with E-state index >= 15 is 0 Å². The normalized spacial score (nSPS) is 18.5. The Morgan fingerprint density at radius 1 is 1.10 bits per heavy atom. The number of ketones is 1. The standard InChI is InChI=1S/C21H36N4O6/c1-12(2)9-15(24-19(30)20(31)25-21(3,4)5)18(29)23-14(16(27)11-26)10-13-7-6-8-22-17(13)28/h12-15,26H,6-11H2,1-5H3,(H,22,28)(H,23,29)(H,24,30)(H,25,31)/t13-,14-,15-/m0/s1. The molecule has 10 heteroatoms. The van der Waals surface area contributed by atoms with Crippen LogP contribution in [-0.4, -0.2) is 65.3 Å². The third kappa shape index (κ3) is 9.46. The smallest absolute Gasteiger partial charge is 0.309 e. The molecule has 0 aromatic heterocycles. The van der Waals surface area contributed by atoms with Crippen LogP contribution in [0.15, 0.2) is 0 Å². The molecular formula is C21H36N4O6. The molecule has 5 N–H and O–H groups in total. The number of amides is 4. The average Bonchev–Trinajstić information content (AvgIpc) is 2.66. The second-order valence-electron chi connectivity index (χ2n) is 9.41. The molecule has 1 aliphatic rings. The summed E-state index contributed by atoms with van der Waals surface area (Å²) in [7, 11) is 0. The fraction of sp³-hybridized carbons (Fsp3) is 0.762. The number of carbonyl (C=O) groups is 5. The Labute approximate surface area is 183 Å². The molecule has 1 aliphatic heterocycles. The number of carbonyl (C=O) groups excluding carboxylic acids is 5. The van der Waals surface area contributed by atoms with E-state index in [0.29, 0.717) is 13.0 Å². The monoisotopic (exact) mass is 440 g/mol. The highest BCUT2D eigenvalue weighted by Gasteiger charge is 2.33. The number of hydrogen-bond donors (Lipinski definition) is 5. The third-order valence-corrected chi connectivity index (χ3v) is 4.80. The summed E-state index contributed by atoms with van der Waals surface area (Å²) in [6.07, 6.45) is 1.64. The molecule has 1 heterocycles. The quantitative estimate of drug-likeness (QED) is 0.302. The van der Waals surface area contributed by atoms with Gasteiger partial charge in [-0.25, -0.2) is 0 Å². The molecule has 0 saturated carbocycles. The maximum atomic E-state index is 12.9.